The first kappa shape index (κ1) is 10.9. The molecule has 17 heavy (non-hydrogen) atoms. The van der Waals surface area contributed by atoms with Crippen molar-refractivity contribution < 1.29 is 4.79 Å². The van der Waals surface area contributed by atoms with Crippen molar-refractivity contribution in [3.63, 3.8) is 0 Å². The fraction of sp³-hybridized carbons (Fsp3) is 0. The molecule has 2 aromatic carbocycles. The molecule has 2 rings (SSSR count). The van der Waals surface area contributed by atoms with E-state index < -0.39 is 0 Å². The van der Waals surface area contributed by atoms with E-state index in [1.165, 1.54) is 0 Å². The molecule has 0 aliphatic rings. The highest BCUT2D eigenvalue weighted by atomic mass is 16.2. The molecule has 0 fully saturated rings. The zero-order chi connectivity index (χ0) is 12.1. The smallest absolute Gasteiger partial charge is 0.268 e. The molecule has 0 N–H and O–H groups in total. The molecule has 0 aliphatic carbocycles. The van der Waals surface area contributed by atoms with Crippen LogP contribution in [0.25, 0.3) is 0 Å². The van der Waals surface area contributed by atoms with Gasteiger partial charge in [-0.25, -0.2) is 4.90 Å². The topological polar surface area (TPSA) is 44.1 Å². The molecule has 1 amide bonds. The third-order valence-electron chi connectivity index (χ3n) is 2.34. The van der Waals surface area contributed by atoms with Crippen LogP contribution in [-0.2, 0) is 0 Å². The first-order chi connectivity index (χ1) is 8.33. The van der Waals surface area contributed by atoms with E-state index >= 15 is 0 Å². The maximum absolute atomic E-state index is 12.1. The fourth-order valence-electron chi connectivity index (χ4n) is 1.51. The molecule has 0 saturated heterocycles. The van der Waals surface area contributed by atoms with Crippen molar-refractivity contribution in [2.45, 2.75) is 0 Å². The average Bonchev–Trinajstić information content (AvgIpc) is 2.42. The van der Waals surface area contributed by atoms with E-state index in [2.05, 4.69) is 0 Å². The summed E-state index contributed by atoms with van der Waals surface area (Å²) in [6, 6.07) is 17.6. The molecule has 0 aromatic heterocycles. The summed E-state index contributed by atoms with van der Waals surface area (Å²) in [4.78, 5) is 13.2. The van der Waals surface area contributed by atoms with Crippen molar-refractivity contribution >= 4 is 11.6 Å². The van der Waals surface area contributed by atoms with E-state index in [-0.39, 0.29) is 5.91 Å². The van der Waals surface area contributed by atoms with Crippen LogP contribution < -0.4 is 4.90 Å². The summed E-state index contributed by atoms with van der Waals surface area (Å²) in [5.41, 5.74) is 1.07. The molecule has 2 aromatic rings. The number of para-hydroxylation sites is 1. The van der Waals surface area contributed by atoms with Gasteiger partial charge in [-0.1, -0.05) is 36.4 Å². The molecule has 3 nitrogen and oxygen atoms in total. The largest absolute Gasteiger partial charge is 0.271 e. The van der Waals surface area contributed by atoms with E-state index in [0.29, 0.717) is 11.3 Å². The molecule has 0 atom stereocenters. The zero-order valence-electron chi connectivity index (χ0n) is 9.08. The van der Waals surface area contributed by atoms with Gasteiger partial charge in [0, 0.05) is 5.56 Å². The Balaban J connectivity index is 2.33. The second-order valence-electron chi connectivity index (χ2n) is 3.44. The molecule has 82 valence electrons. The number of nitrogens with zero attached hydrogens (tertiary/aromatic N) is 2. The lowest BCUT2D eigenvalue weighted by Gasteiger charge is -2.13. The van der Waals surface area contributed by atoms with Gasteiger partial charge in [0.1, 0.15) is 0 Å². The predicted molar refractivity (Wildman–Crippen MR) is 65.3 cm³/mol. The van der Waals surface area contributed by atoms with E-state index in [1.807, 2.05) is 18.3 Å². The number of anilines is 1. The van der Waals surface area contributed by atoms with Crippen LogP contribution >= 0.6 is 0 Å². The Bertz CT molecular complexity index is 543. The van der Waals surface area contributed by atoms with Gasteiger partial charge >= 0.3 is 0 Å². The van der Waals surface area contributed by atoms with Crippen LogP contribution in [-0.4, -0.2) is 5.91 Å². The highest BCUT2D eigenvalue weighted by Gasteiger charge is 2.16. The van der Waals surface area contributed by atoms with Crippen molar-refractivity contribution in [2.75, 3.05) is 4.90 Å². The number of hydrogen-bond donors (Lipinski definition) is 0. The van der Waals surface area contributed by atoms with E-state index in [1.54, 1.807) is 48.5 Å². The summed E-state index contributed by atoms with van der Waals surface area (Å²) >= 11 is 0. The van der Waals surface area contributed by atoms with Crippen molar-refractivity contribution in [3.05, 3.63) is 66.2 Å². The highest BCUT2D eigenvalue weighted by Crippen LogP contribution is 2.15. The zero-order valence-corrected chi connectivity index (χ0v) is 9.08. The minimum Gasteiger partial charge on any atom is -0.268 e. The molecule has 0 aliphatic heterocycles. The van der Waals surface area contributed by atoms with Gasteiger partial charge in [-0.05, 0) is 24.3 Å². The van der Waals surface area contributed by atoms with Gasteiger partial charge in [0.05, 0.1) is 5.69 Å². The Morgan fingerprint density at radius 2 is 1.47 bits per heavy atom. The Morgan fingerprint density at radius 3 is 2.00 bits per heavy atom. The first-order valence-electron chi connectivity index (χ1n) is 5.17. The first-order valence-corrected chi connectivity index (χ1v) is 5.17. The number of nitriles is 1. The van der Waals surface area contributed by atoms with Crippen molar-refractivity contribution in [1.82, 2.24) is 0 Å². The van der Waals surface area contributed by atoms with Crippen LogP contribution in [0.1, 0.15) is 10.4 Å². The molecule has 0 unspecified atom stereocenters. The van der Waals surface area contributed by atoms with Crippen molar-refractivity contribution in [3.8, 4) is 6.19 Å². The summed E-state index contributed by atoms with van der Waals surface area (Å²) in [5, 5.41) is 9.07. The minimum atomic E-state index is -0.320. The minimum absolute atomic E-state index is 0.320. The van der Waals surface area contributed by atoms with Crippen LogP contribution in [0.4, 0.5) is 5.69 Å². The second kappa shape index (κ2) is 4.95. The maximum Gasteiger partial charge on any atom is 0.271 e. The van der Waals surface area contributed by atoms with Gasteiger partial charge in [0.15, 0.2) is 6.19 Å². The third kappa shape index (κ3) is 2.32. The maximum atomic E-state index is 12.1. The number of carbonyl (C=O) groups excluding carboxylic acids is 1. The summed E-state index contributed by atoms with van der Waals surface area (Å²) in [6.45, 7) is 0. The van der Waals surface area contributed by atoms with Gasteiger partial charge in [0.25, 0.3) is 5.91 Å². The highest BCUT2D eigenvalue weighted by molar-refractivity contribution is 6.07. The molecule has 0 bridgehead atoms. The van der Waals surface area contributed by atoms with Gasteiger partial charge in [-0.15, -0.1) is 0 Å². The van der Waals surface area contributed by atoms with E-state index in [4.69, 9.17) is 5.26 Å². The average molecular weight is 222 g/mol. The van der Waals surface area contributed by atoms with E-state index in [9.17, 15) is 4.79 Å². The molecule has 0 saturated carbocycles. The van der Waals surface area contributed by atoms with Gasteiger partial charge < -0.3 is 0 Å². The number of hydrogen-bond acceptors (Lipinski definition) is 2. The van der Waals surface area contributed by atoms with Crippen LogP contribution in [0.2, 0.25) is 0 Å². The number of amides is 1. The Kier molecular flexibility index (Phi) is 3.18. The molecular weight excluding hydrogens is 212 g/mol. The van der Waals surface area contributed by atoms with E-state index in [0.717, 1.165) is 4.90 Å². The summed E-state index contributed by atoms with van der Waals surface area (Å²) in [5.74, 6) is -0.320. The number of rotatable bonds is 2. The summed E-state index contributed by atoms with van der Waals surface area (Å²) < 4.78 is 0. The van der Waals surface area contributed by atoms with Crippen molar-refractivity contribution in [1.29, 1.82) is 5.26 Å². The van der Waals surface area contributed by atoms with Crippen molar-refractivity contribution in [2.24, 2.45) is 0 Å². The lowest BCUT2D eigenvalue weighted by molar-refractivity contribution is 0.0999. The molecule has 0 radical (unpaired) electrons. The Labute approximate surface area is 99.5 Å². The Hall–Kier alpha value is -2.60. The van der Waals surface area contributed by atoms with Gasteiger partial charge in [-0.3, -0.25) is 4.79 Å². The SMILES string of the molecule is N#CN(C(=O)c1ccccc1)c1ccccc1. The molecular formula is C14H10N2O. The molecule has 3 heteroatoms. The van der Waals surface area contributed by atoms with Crippen LogP contribution in [0.15, 0.2) is 60.7 Å². The predicted octanol–water partition coefficient (Wildman–Crippen LogP) is 2.81. The number of carbonyl (C=O) groups is 1. The van der Waals surface area contributed by atoms with Gasteiger partial charge in [-0.2, -0.15) is 5.26 Å². The summed E-state index contributed by atoms with van der Waals surface area (Å²) in [7, 11) is 0. The standard InChI is InChI=1S/C14H10N2O/c15-11-16(13-9-5-2-6-10-13)14(17)12-7-3-1-4-8-12/h1-10H. The van der Waals surface area contributed by atoms with Crippen LogP contribution in [0.5, 0.6) is 0 Å². The Morgan fingerprint density at radius 1 is 0.941 bits per heavy atom. The lowest BCUT2D eigenvalue weighted by atomic mass is 10.2. The third-order valence-corrected chi connectivity index (χ3v) is 2.34. The second-order valence-corrected chi connectivity index (χ2v) is 3.44. The van der Waals surface area contributed by atoms with Crippen LogP contribution in [0, 0.1) is 11.5 Å². The normalized spacial score (nSPS) is 9.35. The molecule has 0 spiro atoms. The lowest BCUT2D eigenvalue weighted by Crippen LogP contribution is -2.25. The quantitative estimate of drug-likeness (QED) is 0.579. The molecule has 0 heterocycles. The summed E-state index contributed by atoms with van der Waals surface area (Å²) in [6.07, 6.45) is 1.90. The fourth-order valence-corrected chi connectivity index (χ4v) is 1.51. The number of benzene rings is 2. The monoisotopic (exact) mass is 222 g/mol. The van der Waals surface area contributed by atoms with Crippen LogP contribution in [0.3, 0.4) is 0 Å². The van der Waals surface area contributed by atoms with Gasteiger partial charge in [0.2, 0.25) is 0 Å².